The number of aromatic nitrogens is 4. The second kappa shape index (κ2) is 10.8. The number of hydrogen-bond acceptors (Lipinski definition) is 9. The summed E-state index contributed by atoms with van der Waals surface area (Å²) in [6, 6.07) is 8.35. The number of ether oxygens (including phenoxy) is 1. The maximum atomic E-state index is 13.7. The third-order valence-electron chi connectivity index (χ3n) is 10.6. The van der Waals surface area contributed by atoms with Crippen LogP contribution in [0.15, 0.2) is 47.6 Å². The van der Waals surface area contributed by atoms with E-state index in [1.165, 1.54) is 31.7 Å². The Kier molecular flexibility index (Phi) is 7.19. The fraction of sp³-hybridized carbons (Fsp3) is 0.562. The molecule has 1 saturated heterocycles. The van der Waals surface area contributed by atoms with Gasteiger partial charge in [0.05, 0.1) is 12.2 Å². The third kappa shape index (κ3) is 5.37. The lowest BCUT2D eigenvalue weighted by Crippen LogP contribution is -2.41. The molecule has 4 aliphatic rings. The summed E-state index contributed by atoms with van der Waals surface area (Å²) in [5.74, 6) is 0.578. The molecule has 45 heavy (non-hydrogen) atoms. The van der Waals surface area contributed by atoms with Crippen molar-refractivity contribution in [2.75, 3.05) is 24.6 Å². The highest BCUT2D eigenvalue weighted by Crippen LogP contribution is 2.93. The average Bonchev–Trinajstić information content (AvgIpc) is 3.95. The monoisotopic (exact) mass is 637 g/mol. The Balaban J connectivity index is 1.13. The van der Waals surface area contributed by atoms with Gasteiger partial charge in [-0.2, -0.15) is 12.8 Å². The molecule has 3 aromatic heterocycles. The number of carbonyl (C=O) groups is 1. The van der Waals surface area contributed by atoms with Crippen molar-refractivity contribution in [2.24, 2.45) is 28.4 Å². The van der Waals surface area contributed by atoms with Crippen molar-refractivity contribution in [1.82, 2.24) is 24.5 Å². The Morgan fingerprint density at radius 3 is 2.53 bits per heavy atom. The Hall–Kier alpha value is -3.58. The molecule has 2 spiro atoms. The number of halogens is 1. The molecule has 1 amide bonds. The SMILES string of the molecule is CC1(C)C[C@H](CCCN)CN1c1nc(-n2ccc(OCCC3C4(CC4)C34CC4)n2)ccc1C(=O)NS(=O)(=O)c1cccc(F)n1. The lowest BCUT2D eigenvalue weighted by molar-refractivity contribution is 0.0981. The Morgan fingerprint density at radius 1 is 1.09 bits per heavy atom. The number of rotatable bonds is 12. The molecule has 3 N–H and O–H groups in total. The van der Waals surface area contributed by atoms with Crippen LogP contribution in [0.2, 0.25) is 0 Å². The molecule has 3 aromatic rings. The van der Waals surface area contributed by atoms with Crippen LogP contribution in [0.3, 0.4) is 0 Å². The normalized spacial score (nSPS) is 22.1. The number of pyridine rings is 2. The van der Waals surface area contributed by atoms with Crippen molar-refractivity contribution in [2.45, 2.75) is 75.8 Å². The van der Waals surface area contributed by atoms with Gasteiger partial charge in [-0.1, -0.05) is 6.07 Å². The van der Waals surface area contributed by atoms with Gasteiger partial charge in [-0.25, -0.2) is 19.4 Å². The molecule has 13 heteroatoms. The Morgan fingerprint density at radius 2 is 1.84 bits per heavy atom. The van der Waals surface area contributed by atoms with Gasteiger partial charge in [0.15, 0.2) is 10.8 Å². The van der Waals surface area contributed by atoms with Gasteiger partial charge in [-0.05, 0) is 119 Å². The number of hydrogen-bond donors (Lipinski definition) is 2. The van der Waals surface area contributed by atoms with Gasteiger partial charge in [0.1, 0.15) is 5.82 Å². The van der Waals surface area contributed by atoms with Crippen molar-refractivity contribution in [3.8, 4) is 11.7 Å². The van der Waals surface area contributed by atoms with E-state index in [4.69, 9.17) is 15.5 Å². The third-order valence-corrected chi connectivity index (χ3v) is 11.8. The van der Waals surface area contributed by atoms with Gasteiger partial charge in [-0.15, -0.1) is 5.10 Å². The molecule has 4 heterocycles. The summed E-state index contributed by atoms with van der Waals surface area (Å²) in [5, 5.41) is 4.02. The number of nitrogens with two attached hydrogens (primary N) is 1. The fourth-order valence-electron chi connectivity index (χ4n) is 8.23. The number of fused-ring (bicyclic) bond motifs is 1. The number of amides is 1. The van der Waals surface area contributed by atoms with E-state index in [9.17, 15) is 17.6 Å². The highest BCUT2D eigenvalue weighted by molar-refractivity contribution is 7.90. The molecular formula is C32H40FN7O4S. The molecule has 3 saturated carbocycles. The van der Waals surface area contributed by atoms with E-state index in [0.717, 1.165) is 43.7 Å². The van der Waals surface area contributed by atoms with E-state index < -0.39 is 26.9 Å². The van der Waals surface area contributed by atoms with E-state index in [0.29, 0.717) is 54.0 Å². The van der Waals surface area contributed by atoms with Crippen LogP contribution < -0.4 is 20.1 Å². The summed E-state index contributed by atoms with van der Waals surface area (Å²) in [5.41, 5.74) is 6.76. The van der Waals surface area contributed by atoms with Crippen LogP contribution in [-0.4, -0.2) is 59.3 Å². The molecule has 0 unspecified atom stereocenters. The molecule has 11 nitrogen and oxygen atoms in total. The quantitative estimate of drug-likeness (QED) is 0.279. The largest absolute Gasteiger partial charge is 0.477 e. The minimum absolute atomic E-state index is 0.0716. The number of nitrogens with one attached hydrogen (secondary N) is 1. The second-order valence-corrected chi connectivity index (χ2v) is 15.4. The second-order valence-electron chi connectivity index (χ2n) is 13.8. The molecular weight excluding hydrogens is 597 g/mol. The number of nitrogens with zero attached hydrogens (tertiary/aromatic N) is 5. The van der Waals surface area contributed by atoms with Gasteiger partial charge in [-0.3, -0.25) is 4.79 Å². The molecule has 240 valence electrons. The van der Waals surface area contributed by atoms with Crippen LogP contribution in [0.25, 0.3) is 5.82 Å². The minimum Gasteiger partial charge on any atom is -0.477 e. The number of anilines is 1. The Labute approximate surface area is 262 Å². The van der Waals surface area contributed by atoms with Crippen molar-refractivity contribution in [3.63, 3.8) is 0 Å². The molecule has 0 radical (unpaired) electrons. The number of carbonyl (C=O) groups excluding carboxylic acids is 1. The number of sulfonamides is 1. The predicted molar refractivity (Wildman–Crippen MR) is 165 cm³/mol. The molecule has 4 fully saturated rings. The highest BCUT2D eigenvalue weighted by atomic mass is 32.2. The first-order chi connectivity index (χ1) is 21.5. The van der Waals surface area contributed by atoms with Crippen LogP contribution in [0.1, 0.15) is 75.6 Å². The summed E-state index contributed by atoms with van der Waals surface area (Å²) in [6.45, 7) is 6.01. The van der Waals surface area contributed by atoms with Gasteiger partial charge >= 0.3 is 0 Å². The molecule has 1 atom stereocenters. The molecule has 7 rings (SSSR count). The van der Waals surface area contributed by atoms with Gasteiger partial charge < -0.3 is 15.4 Å². The summed E-state index contributed by atoms with van der Waals surface area (Å²) in [7, 11) is -4.44. The van der Waals surface area contributed by atoms with Crippen LogP contribution in [0.5, 0.6) is 5.88 Å². The van der Waals surface area contributed by atoms with Crippen molar-refractivity contribution < 1.29 is 22.3 Å². The van der Waals surface area contributed by atoms with E-state index in [2.05, 4.69) is 33.6 Å². The summed E-state index contributed by atoms with van der Waals surface area (Å²) < 4.78 is 49.3. The van der Waals surface area contributed by atoms with Crippen LogP contribution in [0.4, 0.5) is 10.2 Å². The molecule has 0 aromatic carbocycles. The van der Waals surface area contributed by atoms with Crippen LogP contribution >= 0.6 is 0 Å². The van der Waals surface area contributed by atoms with E-state index >= 15 is 0 Å². The first-order valence-electron chi connectivity index (χ1n) is 15.9. The predicted octanol–water partition coefficient (Wildman–Crippen LogP) is 4.22. The summed E-state index contributed by atoms with van der Waals surface area (Å²) in [6.07, 6.45) is 11.0. The topological polar surface area (TPSA) is 145 Å². The highest BCUT2D eigenvalue weighted by Gasteiger charge is 2.85. The summed E-state index contributed by atoms with van der Waals surface area (Å²) >= 11 is 0. The van der Waals surface area contributed by atoms with E-state index in [1.807, 2.05) is 0 Å². The van der Waals surface area contributed by atoms with Crippen molar-refractivity contribution in [3.05, 3.63) is 54.1 Å². The lowest BCUT2D eigenvalue weighted by Gasteiger charge is -2.34. The van der Waals surface area contributed by atoms with Crippen molar-refractivity contribution in [1.29, 1.82) is 0 Å². The van der Waals surface area contributed by atoms with Crippen LogP contribution in [0, 0.1) is 28.6 Å². The zero-order chi connectivity index (χ0) is 31.6. The van der Waals surface area contributed by atoms with Crippen molar-refractivity contribution >= 4 is 21.7 Å². The van der Waals surface area contributed by atoms with Crippen LogP contribution in [-0.2, 0) is 10.0 Å². The molecule has 0 bridgehead atoms. The van der Waals surface area contributed by atoms with Gasteiger partial charge in [0.2, 0.25) is 11.8 Å². The molecule has 3 aliphatic carbocycles. The fourth-order valence-corrected chi connectivity index (χ4v) is 9.15. The Bertz CT molecular complexity index is 1720. The standard InChI is InChI=1S/C32H40FN7O4S/c1-30(2)19-21(5-4-16-34)20-39(30)28-22(29(41)38-45(42,43)27-7-3-6-24(33)35-27)8-9-25(36-28)40-17-10-26(37-40)44-18-11-23-31(12-13-31)32(23)14-15-32/h3,6-10,17,21,23H,4-5,11-16,18-20,34H2,1-2H3,(H,38,41)/t21-/m0/s1. The molecule has 1 aliphatic heterocycles. The van der Waals surface area contributed by atoms with E-state index in [-0.39, 0.29) is 11.1 Å². The lowest BCUT2D eigenvalue weighted by atomic mass is 9.93. The summed E-state index contributed by atoms with van der Waals surface area (Å²) in [4.78, 5) is 23.9. The smallest absolute Gasteiger partial charge is 0.281 e. The maximum Gasteiger partial charge on any atom is 0.281 e. The van der Waals surface area contributed by atoms with Gasteiger partial charge in [0.25, 0.3) is 15.9 Å². The minimum atomic E-state index is -4.44. The zero-order valence-corrected chi connectivity index (χ0v) is 26.5. The zero-order valence-electron chi connectivity index (χ0n) is 25.7. The first-order valence-corrected chi connectivity index (χ1v) is 17.3. The van der Waals surface area contributed by atoms with Gasteiger partial charge in [0, 0.05) is 24.3 Å². The van der Waals surface area contributed by atoms with E-state index in [1.54, 1.807) is 29.1 Å². The first kappa shape index (κ1) is 30.1. The average molecular weight is 638 g/mol. The maximum absolute atomic E-state index is 13.7.